The van der Waals surface area contributed by atoms with Crippen molar-refractivity contribution >= 4 is 39.7 Å². The van der Waals surface area contributed by atoms with Crippen LogP contribution in [0.4, 0.5) is 5.69 Å². The highest BCUT2D eigenvalue weighted by Gasteiger charge is 2.10. The third-order valence-electron chi connectivity index (χ3n) is 2.30. The Hall–Kier alpha value is -1.10. The third-order valence-corrected chi connectivity index (χ3v) is 4.40. The Bertz CT molecular complexity index is 604. The van der Waals surface area contributed by atoms with Gasteiger partial charge in [-0.1, -0.05) is 29.3 Å². The van der Waals surface area contributed by atoms with Crippen LogP contribution in [0.5, 0.6) is 0 Å². The molecule has 0 aliphatic rings. The number of benzene rings is 1. The minimum absolute atomic E-state index is 0.304. The molecule has 1 heterocycles. The number of nitrogens with two attached hydrogens (primary N) is 1. The molecule has 1 aromatic carbocycles. The highest BCUT2D eigenvalue weighted by molar-refractivity contribution is 7.84. The van der Waals surface area contributed by atoms with Crippen LogP contribution in [0, 0.1) is 0 Å². The molecule has 0 aliphatic heterocycles. The Kier molecular flexibility index (Phi) is 4.22. The van der Waals surface area contributed by atoms with Gasteiger partial charge in [-0.3, -0.25) is 4.21 Å². The molecule has 2 N–H and O–H groups in total. The van der Waals surface area contributed by atoms with E-state index in [-0.39, 0.29) is 0 Å². The summed E-state index contributed by atoms with van der Waals surface area (Å²) in [6, 6.07) is 8.54. The molecule has 1 aromatic heterocycles. The van der Waals surface area contributed by atoms with E-state index in [2.05, 4.69) is 4.98 Å². The lowest BCUT2D eigenvalue weighted by atomic mass is 10.2. The van der Waals surface area contributed by atoms with Gasteiger partial charge in [-0.05, 0) is 29.8 Å². The maximum atomic E-state index is 12.1. The zero-order chi connectivity index (χ0) is 13.1. The largest absolute Gasteiger partial charge is 0.396 e. The zero-order valence-corrected chi connectivity index (χ0v) is 11.6. The molecule has 3 nitrogen and oxygen atoms in total. The summed E-state index contributed by atoms with van der Waals surface area (Å²) in [6.07, 6.45) is 1.57. The van der Waals surface area contributed by atoms with E-state index in [1.165, 1.54) is 0 Å². The molecular formula is C12H10Cl2N2OS. The van der Waals surface area contributed by atoms with Gasteiger partial charge in [0.25, 0.3) is 0 Å². The van der Waals surface area contributed by atoms with E-state index >= 15 is 0 Å². The van der Waals surface area contributed by atoms with Gasteiger partial charge in [0.1, 0.15) is 5.03 Å². The molecule has 0 radical (unpaired) electrons. The molecule has 0 amide bonds. The lowest BCUT2D eigenvalue weighted by Crippen LogP contribution is -2.03. The number of rotatable bonds is 3. The van der Waals surface area contributed by atoms with Gasteiger partial charge < -0.3 is 5.73 Å². The summed E-state index contributed by atoms with van der Waals surface area (Å²) in [5, 5.41) is 1.31. The molecule has 6 heteroatoms. The van der Waals surface area contributed by atoms with E-state index in [9.17, 15) is 4.21 Å². The summed E-state index contributed by atoms with van der Waals surface area (Å²) in [7, 11) is -1.30. The first-order valence-corrected chi connectivity index (χ1v) is 7.18. The second-order valence-corrected chi connectivity index (χ2v) is 5.82. The fourth-order valence-corrected chi connectivity index (χ4v) is 2.89. The van der Waals surface area contributed by atoms with Gasteiger partial charge in [0, 0.05) is 6.20 Å². The van der Waals surface area contributed by atoms with E-state index in [4.69, 9.17) is 28.9 Å². The van der Waals surface area contributed by atoms with Crippen LogP contribution in [0.3, 0.4) is 0 Å². The predicted molar refractivity (Wildman–Crippen MR) is 75.2 cm³/mol. The Morgan fingerprint density at radius 2 is 2.00 bits per heavy atom. The first-order valence-electron chi connectivity index (χ1n) is 5.10. The van der Waals surface area contributed by atoms with Crippen LogP contribution in [0.1, 0.15) is 5.56 Å². The average Bonchev–Trinajstić information content (AvgIpc) is 2.34. The van der Waals surface area contributed by atoms with Gasteiger partial charge >= 0.3 is 0 Å². The van der Waals surface area contributed by atoms with E-state index < -0.39 is 10.8 Å². The number of aromatic nitrogens is 1. The summed E-state index contributed by atoms with van der Waals surface area (Å²) in [5.41, 5.74) is 6.98. The second kappa shape index (κ2) is 5.69. The Morgan fingerprint density at radius 3 is 2.67 bits per heavy atom. The molecule has 0 aliphatic carbocycles. The van der Waals surface area contributed by atoms with Gasteiger partial charge in [0.2, 0.25) is 0 Å². The molecule has 94 valence electrons. The molecule has 1 unspecified atom stereocenters. The molecule has 18 heavy (non-hydrogen) atoms. The Labute approximate surface area is 117 Å². The van der Waals surface area contributed by atoms with Gasteiger partial charge in [0.15, 0.2) is 0 Å². The Balaban J connectivity index is 2.22. The maximum Gasteiger partial charge on any atom is 0.150 e. The normalized spacial score (nSPS) is 12.3. The summed E-state index contributed by atoms with van der Waals surface area (Å²) in [6.45, 7) is 0. The molecule has 1 atom stereocenters. The van der Waals surface area contributed by atoms with Gasteiger partial charge in [-0.15, -0.1) is 0 Å². The van der Waals surface area contributed by atoms with E-state index in [1.54, 1.807) is 36.5 Å². The van der Waals surface area contributed by atoms with Crippen molar-refractivity contribution in [2.24, 2.45) is 0 Å². The topological polar surface area (TPSA) is 56.0 Å². The lowest BCUT2D eigenvalue weighted by molar-refractivity contribution is 0.680. The van der Waals surface area contributed by atoms with Crippen molar-refractivity contribution in [2.45, 2.75) is 10.8 Å². The van der Waals surface area contributed by atoms with Crippen molar-refractivity contribution in [1.29, 1.82) is 0 Å². The number of nitrogens with zero attached hydrogens (tertiary/aromatic N) is 1. The molecule has 0 fully saturated rings. The average molecular weight is 301 g/mol. The smallest absolute Gasteiger partial charge is 0.150 e. The third kappa shape index (κ3) is 3.02. The number of nitrogen functional groups attached to an aromatic ring is 1. The van der Waals surface area contributed by atoms with Gasteiger partial charge in [-0.2, -0.15) is 0 Å². The summed E-state index contributed by atoms with van der Waals surface area (Å²) >= 11 is 11.7. The predicted octanol–water partition coefficient (Wildman–Crippen LogP) is 3.28. The van der Waals surface area contributed by atoms with Crippen LogP contribution in [0.25, 0.3) is 0 Å². The lowest BCUT2D eigenvalue weighted by Gasteiger charge is -2.05. The molecule has 0 bridgehead atoms. The van der Waals surface area contributed by atoms with Crippen molar-refractivity contribution in [3.8, 4) is 0 Å². The van der Waals surface area contributed by atoms with Crippen molar-refractivity contribution < 1.29 is 4.21 Å². The van der Waals surface area contributed by atoms with E-state index in [0.717, 1.165) is 5.56 Å². The number of hydrogen-bond acceptors (Lipinski definition) is 3. The van der Waals surface area contributed by atoms with Crippen LogP contribution < -0.4 is 5.73 Å². The fraction of sp³-hybridized carbons (Fsp3) is 0.0833. The molecule has 0 saturated carbocycles. The van der Waals surface area contributed by atoms with Crippen LogP contribution >= 0.6 is 23.2 Å². The van der Waals surface area contributed by atoms with Crippen LogP contribution in [0.2, 0.25) is 10.0 Å². The van der Waals surface area contributed by atoms with Crippen LogP contribution in [-0.4, -0.2) is 9.19 Å². The van der Waals surface area contributed by atoms with Crippen molar-refractivity contribution in [2.75, 3.05) is 5.73 Å². The fourth-order valence-electron chi connectivity index (χ4n) is 1.44. The molecule has 2 rings (SSSR count). The number of halogens is 2. The molecule has 0 spiro atoms. The first kappa shape index (κ1) is 13.3. The highest BCUT2D eigenvalue weighted by atomic mass is 35.5. The molecule has 2 aromatic rings. The highest BCUT2D eigenvalue weighted by Crippen LogP contribution is 2.24. The SMILES string of the molecule is Nc1cccnc1S(=O)Cc1ccc(Cl)c(Cl)c1. The zero-order valence-electron chi connectivity index (χ0n) is 9.27. The monoisotopic (exact) mass is 300 g/mol. The Morgan fingerprint density at radius 1 is 1.22 bits per heavy atom. The van der Waals surface area contributed by atoms with Gasteiger partial charge in [-0.25, -0.2) is 4.98 Å². The minimum Gasteiger partial charge on any atom is -0.396 e. The number of anilines is 1. The van der Waals surface area contributed by atoms with Crippen LogP contribution in [0.15, 0.2) is 41.6 Å². The van der Waals surface area contributed by atoms with Crippen molar-refractivity contribution in [3.63, 3.8) is 0 Å². The van der Waals surface area contributed by atoms with Crippen LogP contribution in [-0.2, 0) is 16.6 Å². The maximum absolute atomic E-state index is 12.1. The molecule has 0 saturated heterocycles. The first-order chi connectivity index (χ1) is 8.58. The van der Waals surface area contributed by atoms with Crippen molar-refractivity contribution in [1.82, 2.24) is 4.98 Å². The van der Waals surface area contributed by atoms with Crippen molar-refractivity contribution in [3.05, 3.63) is 52.1 Å². The summed E-state index contributed by atoms with van der Waals surface area (Å²) < 4.78 is 12.1. The summed E-state index contributed by atoms with van der Waals surface area (Å²) in [5.74, 6) is 0.304. The quantitative estimate of drug-likeness (QED) is 0.946. The van der Waals surface area contributed by atoms with Gasteiger partial charge in [0.05, 0.1) is 32.3 Å². The standard InChI is InChI=1S/C12H10Cl2N2OS/c13-9-4-3-8(6-10(9)14)7-18(17)12-11(15)2-1-5-16-12/h1-6H,7,15H2. The van der Waals surface area contributed by atoms with E-state index in [1.807, 2.05) is 0 Å². The number of pyridine rings is 1. The molecular weight excluding hydrogens is 291 g/mol. The second-order valence-electron chi connectivity index (χ2n) is 3.64. The number of hydrogen-bond donors (Lipinski definition) is 1. The van der Waals surface area contributed by atoms with E-state index in [0.29, 0.717) is 26.5 Å². The summed E-state index contributed by atoms with van der Waals surface area (Å²) in [4.78, 5) is 4.03. The minimum atomic E-state index is -1.30.